The Hall–Kier alpha value is -1.55. The summed E-state index contributed by atoms with van der Waals surface area (Å²) in [5, 5.41) is 2.49. The highest BCUT2D eigenvalue weighted by Gasteiger charge is 2.23. The number of carbonyl (C=O) groups excluding carboxylic acids is 2. The van der Waals surface area contributed by atoms with E-state index in [0.717, 1.165) is 5.56 Å². The minimum Gasteiger partial charge on any atom is -0.347 e. The lowest BCUT2D eigenvalue weighted by atomic mass is 10.2. The number of carbonyl (C=O) groups is 2. The van der Waals surface area contributed by atoms with Crippen molar-refractivity contribution in [3.8, 4) is 0 Å². The van der Waals surface area contributed by atoms with Crippen LogP contribution in [0.2, 0.25) is 0 Å². The summed E-state index contributed by atoms with van der Waals surface area (Å²) in [6.07, 6.45) is 0. The number of nitrogens with zero attached hydrogens (tertiary/aromatic N) is 1. The summed E-state index contributed by atoms with van der Waals surface area (Å²) < 4.78 is 0. The molecule has 0 aliphatic rings. The van der Waals surface area contributed by atoms with Gasteiger partial charge in [-0.25, -0.2) is 0 Å². The number of hydrogen-bond acceptors (Lipinski definition) is 2. The molecule has 1 aromatic rings. The van der Waals surface area contributed by atoms with Gasteiger partial charge in [0.05, 0.1) is 0 Å². The SMILES string of the molecule is CC(C)N(Cc1ccccc1)C(=O)C(=O)NCCCl. The number of benzene rings is 1. The summed E-state index contributed by atoms with van der Waals surface area (Å²) in [4.78, 5) is 25.3. The van der Waals surface area contributed by atoms with Crippen LogP contribution in [-0.4, -0.2) is 35.2 Å². The van der Waals surface area contributed by atoms with Crippen LogP contribution in [0, 0.1) is 0 Å². The number of amides is 2. The van der Waals surface area contributed by atoms with Crippen LogP contribution in [0.3, 0.4) is 0 Å². The lowest BCUT2D eigenvalue weighted by Gasteiger charge is -2.26. The van der Waals surface area contributed by atoms with E-state index in [-0.39, 0.29) is 6.04 Å². The van der Waals surface area contributed by atoms with Gasteiger partial charge in [0.15, 0.2) is 0 Å². The maximum absolute atomic E-state index is 12.1. The Morgan fingerprint density at radius 3 is 2.42 bits per heavy atom. The van der Waals surface area contributed by atoms with Crippen molar-refractivity contribution in [2.24, 2.45) is 0 Å². The Balaban J connectivity index is 2.72. The first-order valence-corrected chi connectivity index (χ1v) is 6.78. The van der Waals surface area contributed by atoms with Crippen LogP contribution in [0.1, 0.15) is 19.4 Å². The van der Waals surface area contributed by atoms with Crippen molar-refractivity contribution in [1.29, 1.82) is 0 Å². The number of alkyl halides is 1. The fourth-order valence-corrected chi connectivity index (χ4v) is 1.73. The minimum absolute atomic E-state index is 0.0468. The first kappa shape index (κ1) is 15.5. The molecular weight excluding hydrogens is 264 g/mol. The van der Waals surface area contributed by atoms with Gasteiger partial charge in [-0.05, 0) is 19.4 Å². The first-order chi connectivity index (χ1) is 9.06. The van der Waals surface area contributed by atoms with Crippen molar-refractivity contribution in [1.82, 2.24) is 10.2 Å². The molecule has 0 saturated heterocycles. The average Bonchev–Trinajstić information content (AvgIpc) is 2.42. The lowest BCUT2D eigenvalue weighted by Crippen LogP contribution is -2.46. The monoisotopic (exact) mass is 282 g/mol. The zero-order valence-corrected chi connectivity index (χ0v) is 12.0. The van der Waals surface area contributed by atoms with E-state index in [9.17, 15) is 9.59 Å². The summed E-state index contributed by atoms with van der Waals surface area (Å²) in [5.41, 5.74) is 0.995. The molecule has 0 atom stereocenters. The molecule has 2 amide bonds. The number of halogens is 1. The summed E-state index contributed by atoms with van der Waals surface area (Å²) in [5.74, 6) is -0.839. The normalized spacial score (nSPS) is 10.3. The van der Waals surface area contributed by atoms with E-state index < -0.39 is 11.8 Å². The predicted octanol–water partition coefficient (Wildman–Crippen LogP) is 1.78. The van der Waals surface area contributed by atoms with Gasteiger partial charge in [-0.1, -0.05) is 30.3 Å². The average molecular weight is 283 g/mol. The van der Waals surface area contributed by atoms with Gasteiger partial charge in [-0.3, -0.25) is 9.59 Å². The van der Waals surface area contributed by atoms with Gasteiger partial charge < -0.3 is 10.2 Å². The highest BCUT2D eigenvalue weighted by molar-refractivity contribution is 6.35. The standard InChI is InChI=1S/C14H19ClN2O2/c1-11(2)17(10-12-6-4-3-5-7-12)14(19)13(18)16-9-8-15/h3-7,11H,8-10H2,1-2H3,(H,16,18). The molecule has 0 aliphatic heterocycles. The highest BCUT2D eigenvalue weighted by Crippen LogP contribution is 2.08. The smallest absolute Gasteiger partial charge is 0.312 e. The molecule has 0 fully saturated rings. The van der Waals surface area contributed by atoms with Crippen molar-refractivity contribution < 1.29 is 9.59 Å². The fraction of sp³-hybridized carbons (Fsp3) is 0.429. The van der Waals surface area contributed by atoms with Crippen LogP contribution in [0.15, 0.2) is 30.3 Å². The summed E-state index contributed by atoms with van der Waals surface area (Å²) in [7, 11) is 0. The molecule has 1 aromatic carbocycles. The van der Waals surface area contributed by atoms with E-state index in [1.54, 1.807) is 4.90 Å². The predicted molar refractivity (Wildman–Crippen MR) is 75.9 cm³/mol. The Morgan fingerprint density at radius 1 is 1.26 bits per heavy atom. The third kappa shape index (κ3) is 4.91. The second-order valence-electron chi connectivity index (χ2n) is 4.46. The zero-order valence-electron chi connectivity index (χ0n) is 11.2. The maximum Gasteiger partial charge on any atom is 0.312 e. The van der Waals surface area contributed by atoms with Gasteiger partial charge in [-0.15, -0.1) is 11.6 Å². The Kier molecular flexibility index (Phi) is 6.36. The Morgan fingerprint density at radius 2 is 1.89 bits per heavy atom. The van der Waals surface area contributed by atoms with Crippen molar-refractivity contribution in [3.63, 3.8) is 0 Å². The van der Waals surface area contributed by atoms with Crippen LogP contribution in [0.25, 0.3) is 0 Å². The molecule has 19 heavy (non-hydrogen) atoms. The highest BCUT2D eigenvalue weighted by atomic mass is 35.5. The molecule has 0 spiro atoms. The van der Waals surface area contributed by atoms with Gasteiger partial charge in [0, 0.05) is 25.0 Å². The van der Waals surface area contributed by atoms with Crippen LogP contribution < -0.4 is 5.32 Å². The molecular formula is C14H19ClN2O2. The summed E-state index contributed by atoms with van der Waals surface area (Å²) >= 11 is 5.48. The van der Waals surface area contributed by atoms with Crippen molar-refractivity contribution in [3.05, 3.63) is 35.9 Å². The van der Waals surface area contributed by atoms with E-state index in [4.69, 9.17) is 11.6 Å². The first-order valence-electron chi connectivity index (χ1n) is 6.25. The Labute approximate surface area is 118 Å². The topological polar surface area (TPSA) is 49.4 Å². The van der Waals surface area contributed by atoms with Gasteiger partial charge >= 0.3 is 11.8 Å². The number of nitrogens with one attached hydrogen (secondary N) is 1. The van der Waals surface area contributed by atoms with E-state index in [2.05, 4.69) is 5.32 Å². The number of rotatable bonds is 5. The van der Waals surface area contributed by atoms with Crippen LogP contribution in [0.4, 0.5) is 0 Å². The maximum atomic E-state index is 12.1. The molecule has 0 unspecified atom stereocenters. The van der Waals surface area contributed by atoms with Gasteiger partial charge in [-0.2, -0.15) is 0 Å². The van der Waals surface area contributed by atoms with Gasteiger partial charge in [0.2, 0.25) is 0 Å². The molecule has 0 radical (unpaired) electrons. The minimum atomic E-state index is -0.606. The van der Waals surface area contributed by atoms with E-state index in [0.29, 0.717) is 19.0 Å². The van der Waals surface area contributed by atoms with Crippen molar-refractivity contribution >= 4 is 23.4 Å². The van der Waals surface area contributed by atoms with Gasteiger partial charge in [0.25, 0.3) is 0 Å². The Bertz CT molecular complexity index is 421. The van der Waals surface area contributed by atoms with Crippen LogP contribution >= 0.6 is 11.6 Å². The second-order valence-corrected chi connectivity index (χ2v) is 4.84. The van der Waals surface area contributed by atoms with Crippen molar-refractivity contribution in [2.45, 2.75) is 26.4 Å². The summed E-state index contributed by atoms with van der Waals surface area (Å²) in [6, 6.07) is 9.55. The van der Waals surface area contributed by atoms with Crippen LogP contribution in [0.5, 0.6) is 0 Å². The molecule has 5 heteroatoms. The van der Waals surface area contributed by atoms with E-state index in [1.165, 1.54) is 0 Å². The molecule has 1 N–H and O–H groups in total. The zero-order chi connectivity index (χ0) is 14.3. The van der Waals surface area contributed by atoms with Gasteiger partial charge in [0.1, 0.15) is 0 Å². The fourth-order valence-electron chi connectivity index (χ4n) is 1.64. The molecule has 0 saturated carbocycles. The second kappa shape index (κ2) is 7.79. The van der Waals surface area contributed by atoms with E-state index >= 15 is 0 Å². The molecule has 4 nitrogen and oxygen atoms in total. The molecule has 0 bridgehead atoms. The van der Waals surface area contributed by atoms with Crippen molar-refractivity contribution in [2.75, 3.05) is 12.4 Å². The molecule has 0 aliphatic carbocycles. The molecule has 0 heterocycles. The number of hydrogen-bond donors (Lipinski definition) is 1. The quantitative estimate of drug-likeness (QED) is 0.661. The summed E-state index contributed by atoms with van der Waals surface area (Å²) in [6.45, 7) is 4.49. The molecule has 0 aromatic heterocycles. The largest absolute Gasteiger partial charge is 0.347 e. The lowest BCUT2D eigenvalue weighted by molar-refractivity contribution is -0.147. The third-order valence-electron chi connectivity index (χ3n) is 2.65. The van der Waals surface area contributed by atoms with E-state index in [1.807, 2.05) is 44.2 Å². The molecule has 1 rings (SSSR count). The molecule has 104 valence electrons. The van der Waals surface area contributed by atoms with Crippen LogP contribution in [-0.2, 0) is 16.1 Å². The third-order valence-corrected chi connectivity index (χ3v) is 2.84.